The third kappa shape index (κ3) is 5.12. The highest BCUT2D eigenvalue weighted by atomic mass is 16.5. The molecule has 0 bridgehead atoms. The number of benzene rings is 2. The second kappa shape index (κ2) is 9.71. The lowest BCUT2D eigenvalue weighted by atomic mass is 10.1. The Morgan fingerprint density at radius 2 is 1.90 bits per heavy atom. The standard InChI is InChI=1S/C22H23N3O4/c1-28-12-11-24-21(26)20-13-19(29-18-5-3-2-4-6-18)15-25(20)22(27)17-9-7-16(14-23)8-10-17/h2-10,19-20H,11-13,15H2,1H3,(H,24,26). The molecular formula is C22H23N3O4. The number of rotatable bonds is 7. The van der Waals surface area contributed by atoms with E-state index >= 15 is 0 Å². The molecule has 1 saturated heterocycles. The number of para-hydroxylation sites is 1. The molecule has 2 aromatic rings. The van der Waals surface area contributed by atoms with Crippen molar-refractivity contribution in [2.24, 2.45) is 0 Å². The zero-order chi connectivity index (χ0) is 20.6. The molecule has 7 nitrogen and oxygen atoms in total. The Hall–Kier alpha value is -3.37. The summed E-state index contributed by atoms with van der Waals surface area (Å²) in [4.78, 5) is 27.3. The fourth-order valence-corrected chi connectivity index (χ4v) is 3.29. The number of likely N-dealkylation sites (tertiary alicyclic amines) is 1. The van der Waals surface area contributed by atoms with E-state index in [2.05, 4.69) is 5.32 Å². The molecule has 3 rings (SSSR count). The van der Waals surface area contributed by atoms with Crippen LogP contribution in [-0.2, 0) is 9.53 Å². The van der Waals surface area contributed by atoms with Crippen molar-refractivity contribution in [3.63, 3.8) is 0 Å². The summed E-state index contributed by atoms with van der Waals surface area (Å²) in [7, 11) is 1.56. The number of carbonyl (C=O) groups excluding carboxylic acids is 2. The molecule has 7 heteroatoms. The SMILES string of the molecule is COCCNC(=O)C1CC(Oc2ccccc2)CN1C(=O)c1ccc(C#N)cc1. The summed E-state index contributed by atoms with van der Waals surface area (Å²) in [6.45, 7) is 1.07. The van der Waals surface area contributed by atoms with Crippen molar-refractivity contribution in [3.8, 4) is 11.8 Å². The molecule has 0 radical (unpaired) electrons. The molecule has 2 amide bonds. The van der Waals surface area contributed by atoms with Crippen molar-refractivity contribution in [3.05, 3.63) is 65.7 Å². The summed E-state index contributed by atoms with van der Waals surface area (Å²) in [6, 6.07) is 17.1. The van der Waals surface area contributed by atoms with E-state index < -0.39 is 6.04 Å². The highest BCUT2D eigenvalue weighted by Gasteiger charge is 2.41. The Bertz CT molecular complexity index is 877. The van der Waals surface area contributed by atoms with Crippen molar-refractivity contribution in [2.45, 2.75) is 18.6 Å². The number of nitrogens with one attached hydrogen (secondary N) is 1. The summed E-state index contributed by atoms with van der Waals surface area (Å²) in [6.07, 6.45) is 0.105. The van der Waals surface area contributed by atoms with Crippen LogP contribution in [-0.4, -0.2) is 55.7 Å². The third-order valence-corrected chi connectivity index (χ3v) is 4.74. The minimum atomic E-state index is -0.635. The van der Waals surface area contributed by atoms with Crippen molar-refractivity contribution >= 4 is 11.8 Å². The molecule has 1 heterocycles. The monoisotopic (exact) mass is 393 g/mol. The molecule has 1 aliphatic heterocycles. The van der Waals surface area contributed by atoms with Crippen LogP contribution in [0.2, 0.25) is 0 Å². The zero-order valence-electron chi connectivity index (χ0n) is 16.2. The Labute approximate surface area is 169 Å². The predicted molar refractivity (Wildman–Crippen MR) is 106 cm³/mol. The van der Waals surface area contributed by atoms with Crippen LogP contribution in [0, 0.1) is 11.3 Å². The van der Waals surface area contributed by atoms with E-state index in [-0.39, 0.29) is 17.9 Å². The zero-order valence-corrected chi connectivity index (χ0v) is 16.2. The number of amides is 2. The molecule has 2 atom stereocenters. The maximum Gasteiger partial charge on any atom is 0.254 e. The van der Waals surface area contributed by atoms with Crippen LogP contribution in [0.15, 0.2) is 54.6 Å². The largest absolute Gasteiger partial charge is 0.488 e. The van der Waals surface area contributed by atoms with Crippen LogP contribution in [0.4, 0.5) is 0 Å². The maximum atomic E-state index is 13.1. The number of hydrogen-bond acceptors (Lipinski definition) is 5. The first-order valence-electron chi connectivity index (χ1n) is 9.42. The van der Waals surface area contributed by atoms with Gasteiger partial charge in [0.05, 0.1) is 24.8 Å². The fourth-order valence-electron chi connectivity index (χ4n) is 3.29. The third-order valence-electron chi connectivity index (χ3n) is 4.74. The summed E-state index contributed by atoms with van der Waals surface area (Å²) in [5.41, 5.74) is 0.904. The van der Waals surface area contributed by atoms with Crippen molar-refractivity contribution < 1.29 is 19.1 Å². The molecule has 1 aliphatic rings. The first-order chi connectivity index (χ1) is 14.1. The van der Waals surface area contributed by atoms with E-state index in [1.165, 1.54) is 4.90 Å². The molecule has 0 spiro atoms. The quantitative estimate of drug-likeness (QED) is 0.727. The second-order valence-corrected chi connectivity index (χ2v) is 6.73. The summed E-state index contributed by atoms with van der Waals surface area (Å²) < 4.78 is 11.0. The van der Waals surface area contributed by atoms with Gasteiger partial charge in [-0.1, -0.05) is 18.2 Å². The van der Waals surface area contributed by atoms with E-state index in [0.717, 1.165) is 0 Å². The van der Waals surface area contributed by atoms with Gasteiger partial charge in [-0.15, -0.1) is 0 Å². The van der Waals surface area contributed by atoms with Gasteiger partial charge in [0.2, 0.25) is 5.91 Å². The van der Waals surface area contributed by atoms with E-state index in [1.54, 1.807) is 31.4 Å². The van der Waals surface area contributed by atoms with Gasteiger partial charge in [-0.3, -0.25) is 9.59 Å². The lowest BCUT2D eigenvalue weighted by molar-refractivity contribution is -0.125. The highest BCUT2D eigenvalue weighted by molar-refractivity contribution is 5.98. The number of nitrogens with zero attached hydrogens (tertiary/aromatic N) is 2. The van der Waals surface area contributed by atoms with Gasteiger partial charge in [0.1, 0.15) is 17.9 Å². The van der Waals surface area contributed by atoms with Crippen molar-refractivity contribution in [2.75, 3.05) is 26.8 Å². The number of carbonyl (C=O) groups is 2. The molecule has 0 aromatic heterocycles. The van der Waals surface area contributed by atoms with Gasteiger partial charge in [0.15, 0.2) is 0 Å². The molecule has 29 heavy (non-hydrogen) atoms. The van der Waals surface area contributed by atoms with Crippen LogP contribution < -0.4 is 10.1 Å². The second-order valence-electron chi connectivity index (χ2n) is 6.73. The van der Waals surface area contributed by atoms with E-state index in [0.29, 0.717) is 43.0 Å². The molecule has 0 aliphatic carbocycles. The van der Waals surface area contributed by atoms with Crippen LogP contribution in [0.1, 0.15) is 22.3 Å². The maximum absolute atomic E-state index is 13.1. The smallest absolute Gasteiger partial charge is 0.254 e. The van der Waals surface area contributed by atoms with E-state index in [1.807, 2.05) is 36.4 Å². The van der Waals surface area contributed by atoms with Crippen LogP contribution >= 0.6 is 0 Å². The molecule has 2 unspecified atom stereocenters. The summed E-state index contributed by atoms with van der Waals surface area (Å²) in [5.74, 6) is 0.201. The Morgan fingerprint density at radius 3 is 2.55 bits per heavy atom. The summed E-state index contributed by atoms with van der Waals surface area (Å²) in [5, 5.41) is 11.8. The lowest BCUT2D eigenvalue weighted by Gasteiger charge is -2.23. The molecule has 0 saturated carbocycles. The minimum Gasteiger partial charge on any atom is -0.488 e. The van der Waals surface area contributed by atoms with Gasteiger partial charge < -0.3 is 19.7 Å². The van der Waals surface area contributed by atoms with Gasteiger partial charge in [-0.25, -0.2) is 0 Å². The van der Waals surface area contributed by atoms with Gasteiger partial charge in [-0.2, -0.15) is 5.26 Å². The molecule has 1 N–H and O–H groups in total. The molecule has 2 aromatic carbocycles. The van der Waals surface area contributed by atoms with Crippen LogP contribution in [0.5, 0.6) is 5.75 Å². The minimum absolute atomic E-state index is 0.233. The number of ether oxygens (including phenoxy) is 2. The average Bonchev–Trinajstić information content (AvgIpc) is 3.18. The normalized spacial score (nSPS) is 18.1. The van der Waals surface area contributed by atoms with Crippen LogP contribution in [0.3, 0.4) is 0 Å². The van der Waals surface area contributed by atoms with E-state index in [9.17, 15) is 9.59 Å². The Balaban J connectivity index is 1.76. The topological polar surface area (TPSA) is 91.7 Å². The van der Waals surface area contributed by atoms with Crippen molar-refractivity contribution in [1.29, 1.82) is 5.26 Å². The first kappa shape index (κ1) is 20.4. The highest BCUT2D eigenvalue weighted by Crippen LogP contribution is 2.25. The van der Waals surface area contributed by atoms with Gasteiger partial charge in [0, 0.05) is 25.6 Å². The van der Waals surface area contributed by atoms with Crippen LogP contribution in [0.25, 0.3) is 0 Å². The van der Waals surface area contributed by atoms with Gasteiger partial charge in [0.25, 0.3) is 5.91 Å². The first-order valence-corrected chi connectivity index (χ1v) is 9.42. The summed E-state index contributed by atoms with van der Waals surface area (Å²) >= 11 is 0. The molecule has 150 valence electrons. The van der Waals surface area contributed by atoms with Gasteiger partial charge >= 0.3 is 0 Å². The Kier molecular flexibility index (Phi) is 6.82. The average molecular weight is 393 g/mol. The van der Waals surface area contributed by atoms with E-state index in [4.69, 9.17) is 14.7 Å². The van der Waals surface area contributed by atoms with Gasteiger partial charge in [-0.05, 0) is 36.4 Å². The number of nitriles is 1. The fraction of sp³-hybridized carbons (Fsp3) is 0.318. The Morgan fingerprint density at radius 1 is 1.17 bits per heavy atom. The number of methoxy groups -OCH3 is 1. The van der Waals surface area contributed by atoms with Crippen molar-refractivity contribution in [1.82, 2.24) is 10.2 Å². The molecular weight excluding hydrogens is 370 g/mol. The number of hydrogen-bond donors (Lipinski definition) is 1. The lowest BCUT2D eigenvalue weighted by Crippen LogP contribution is -2.46. The molecule has 1 fully saturated rings. The predicted octanol–water partition coefficient (Wildman–Crippen LogP) is 1.98.